The van der Waals surface area contributed by atoms with E-state index in [0.29, 0.717) is 24.3 Å². The van der Waals surface area contributed by atoms with Gasteiger partial charge in [0.25, 0.3) is 5.91 Å². The molecule has 0 N–H and O–H groups in total. The second kappa shape index (κ2) is 5.00. The maximum atomic E-state index is 12.5. The highest BCUT2D eigenvalue weighted by Crippen LogP contribution is 2.23. The minimum Gasteiger partial charge on any atom is -0.469 e. The summed E-state index contributed by atoms with van der Waals surface area (Å²) in [5.74, 6) is 0.697. The first-order valence-corrected chi connectivity index (χ1v) is 8.24. The third kappa shape index (κ3) is 2.68. The number of furan rings is 1. The van der Waals surface area contributed by atoms with Crippen LogP contribution in [0.5, 0.6) is 0 Å². The highest BCUT2D eigenvalue weighted by atomic mass is 32.2. The Labute approximate surface area is 113 Å². The van der Waals surface area contributed by atoms with Crippen molar-refractivity contribution < 1.29 is 17.6 Å². The molecule has 1 amide bonds. The van der Waals surface area contributed by atoms with Gasteiger partial charge >= 0.3 is 0 Å². The van der Waals surface area contributed by atoms with Crippen LogP contribution in [0.1, 0.15) is 35.0 Å². The third-order valence-electron chi connectivity index (χ3n) is 3.62. The highest BCUT2D eigenvalue weighted by molar-refractivity contribution is 7.91. The number of carbonyl (C=O) groups is 1. The third-order valence-corrected chi connectivity index (χ3v) is 5.37. The summed E-state index contributed by atoms with van der Waals surface area (Å²) in [5.41, 5.74) is 1.35. The largest absolute Gasteiger partial charge is 0.469 e. The Kier molecular flexibility index (Phi) is 3.71. The van der Waals surface area contributed by atoms with Crippen LogP contribution in [-0.2, 0) is 9.84 Å². The van der Waals surface area contributed by atoms with Gasteiger partial charge in [-0.2, -0.15) is 0 Å². The maximum absolute atomic E-state index is 12.5. The van der Waals surface area contributed by atoms with Crippen LogP contribution < -0.4 is 0 Å². The lowest BCUT2D eigenvalue weighted by molar-refractivity contribution is 0.0706. The quantitative estimate of drug-likeness (QED) is 0.845. The first-order chi connectivity index (χ1) is 8.85. The predicted octanol–water partition coefficient (Wildman–Crippen LogP) is 1.55. The van der Waals surface area contributed by atoms with Gasteiger partial charge in [0.15, 0.2) is 9.84 Å². The molecule has 1 aromatic rings. The number of sulfone groups is 1. The molecule has 1 aromatic heterocycles. The minimum atomic E-state index is -2.99. The van der Waals surface area contributed by atoms with Gasteiger partial charge in [0.2, 0.25) is 0 Å². The van der Waals surface area contributed by atoms with E-state index in [1.165, 1.54) is 0 Å². The molecule has 0 bridgehead atoms. The molecule has 1 unspecified atom stereocenters. The Morgan fingerprint density at radius 3 is 2.58 bits per heavy atom. The monoisotopic (exact) mass is 285 g/mol. The van der Waals surface area contributed by atoms with E-state index in [9.17, 15) is 13.2 Å². The lowest BCUT2D eigenvalue weighted by Crippen LogP contribution is -2.41. The number of hydrogen-bond acceptors (Lipinski definition) is 4. The van der Waals surface area contributed by atoms with Crippen LogP contribution in [-0.4, -0.2) is 43.3 Å². The Morgan fingerprint density at radius 2 is 2.16 bits per heavy atom. The van der Waals surface area contributed by atoms with Crippen molar-refractivity contribution in [2.45, 2.75) is 33.2 Å². The molecule has 1 aliphatic rings. The zero-order valence-corrected chi connectivity index (χ0v) is 12.3. The van der Waals surface area contributed by atoms with E-state index in [1.54, 1.807) is 18.1 Å². The van der Waals surface area contributed by atoms with Gasteiger partial charge in [-0.1, -0.05) is 0 Å². The molecule has 0 aliphatic carbocycles. The summed E-state index contributed by atoms with van der Waals surface area (Å²) < 4.78 is 28.3. The second-order valence-electron chi connectivity index (χ2n) is 5.00. The lowest BCUT2D eigenvalue weighted by atomic mass is 10.1. The predicted molar refractivity (Wildman–Crippen MR) is 72.0 cm³/mol. The van der Waals surface area contributed by atoms with E-state index in [0.717, 1.165) is 5.56 Å². The van der Waals surface area contributed by atoms with E-state index < -0.39 is 9.84 Å². The fourth-order valence-electron chi connectivity index (χ4n) is 2.62. The summed E-state index contributed by atoms with van der Waals surface area (Å²) in [6.07, 6.45) is 2.08. The molecule has 2 heterocycles. The van der Waals surface area contributed by atoms with Gasteiger partial charge in [-0.15, -0.1) is 0 Å². The van der Waals surface area contributed by atoms with E-state index in [1.807, 2.05) is 13.8 Å². The topological polar surface area (TPSA) is 67.6 Å². The van der Waals surface area contributed by atoms with Gasteiger partial charge in [0.05, 0.1) is 23.3 Å². The molecular weight excluding hydrogens is 266 g/mol. The molecule has 1 aliphatic heterocycles. The Morgan fingerprint density at radius 1 is 1.47 bits per heavy atom. The molecule has 19 heavy (non-hydrogen) atoms. The van der Waals surface area contributed by atoms with Gasteiger partial charge in [0.1, 0.15) is 5.76 Å². The van der Waals surface area contributed by atoms with Crippen molar-refractivity contribution in [3.05, 3.63) is 23.2 Å². The first-order valence-electron chi connectivity index (χ1n) is 6.41. The van der Waals surface area contributed by atoms with Crippen LogP contribution in [0, 0.1) is 13.8 Å². The molecule has 2 rings (SSSR count). The van der Waals surface area contributed by atoms with E-state index in [-0.39, 0.29) is 23.5 Å². The van der Waals surface area contributed by atoms with Crippen LogP contribution in [0.3, 0.4) is 0 Å². The fourth-order valence-corrected chi connectivity index (χ4v) is 4.35. The molecule has 0 radical (unpaired) electrons. The molecule has 1 saturated heterocycles. The van der Waals surface area contributed by atoms with Crippen molar-refractivity contribution in [3.8, 4) is 0 Å². The van der Waals surface area contributed by atoms with Crippen LogP contribution in [0.4, 0.5) is 0 Å². The lowest BCUT2D eigenvalue weighted by Gasteiger charge is -2.27. The average Bonchev–Trinajstić information content (AvgIpc) is 2.83. The van der Waals surface area contributed by atoms with Gasteiger partial charge < -0.3 is 9.32 Å². The summed E-state index contributed by atoms with van der Waals surface area (Å²) in [6.45, 7) is 5.94. The molecule has 0 spiro atoms. The Hall–Kier alpha value is -1.30. The van der Waals surface area contributed by atoms with Crippen molar-refractivity contribution in [1.82, 2.24) is 4.90 Å². The van der Waals surface area contributed by atoms with Crippen LogP contribution in [0.25, 0.3) is 0 Å². The number of rotatable bonds is 3. The zero-order chi connectivity index (χ0) is 14.2. The minimum absolute atomic E-state index is 0.0720. The summed E-state index contributed by atoms with van der Waals surface area (Å²) in [7, 11) is -2.99. The average molecular weight is 285 g/mol. The number of hydrogen-bond donors (Lipinski definition) is 0. The van der Waals surface area contributed by atoms with E-state index >= 15 is 0 Å². The summed E-state index contributed by atoms with van der Waals surface area (Å²) in [5, 5.41) is 0. The molecule has 106 valence electrons. The normalized spacial score (nSPS) is 21.5. The fraction of sp³-hybridized carbons (Fsp3) is 0.615. The van der Waals surface area contributed by atoms with Gasteiger partial charge in [-0.25, -0.2) is 8.42 Å². The van der Waals surface area contributed by atoms with Crippen LogP contribution in [0.2, 0.25) is 0 Å². The second-order valence-corrected chi connectivity index (χ2v) is 7.23. The molecule has 1 atom stereocenters. The molecular formula is C13H19NO4S. The SMILES string of the molecule is CCN(C(=O)c1c(C)coc1C)C1CCS(=O)(=O)C1. The maximum Gasteiger partial charge on any atom is 0.257 e. The van der Waals surface area contributed by atoms with Crippen molar-refractivity contribution in [2.24, 2.45) is 0 Å². The van der Waals surface area contributed by atoms with Gasteiger partial charge in [0, 0.05) is 18.2 Å². The van der Waals surface area contributed by atoms with Crippen molar-refractivity contribution in [1.29, 1.82) is 0 Å². The van der Waals surface area contributed by atoms with Crippen molar-refractivity contribution >= 4 is 15.7 Å². The number of nitrogens with zero attached hydrogens (tertiary/aromatic N) is 1. The van der Waals surface area contributed by atoms with E-state index in [4.69, 9.17) is 4.42 Å². The molecule has 6 heteroatoms. The molecule has 0 saturated carbocycles. The summed E-state index contributed by atoms with van der Waals surface area (Å²) in [4.78, 5) is 14.2. The number of aryl methyl sites for hydroxylation is 2. The molecule has 5 nitrogen and oxygen atoms in total. The standard InChI is InChI=1S/C13H19NO4S/c1-4-14(11-5-6-19(16,17)8-11)13(15)12-9(2)7-18-10(12)3/h7,11H,4-6,8H2,1-3H3. The van der Waals surface area contributed by atoms with E-state index in [2.05, 4.69) is 0 Å². The summed E-state index contributed by atoms with van der Waals surface area (Å²) in [6, 6.07) is -0.212. The highest BCUT2D eigenvalue weighted by Gasteiger charge is 2.35. The molecule has 1 fully saturated rings. The first kappa shape index (κ1) is 14.1. The van der Waals surface area contributed by atoms with Crippen molar-refractivity contribution in [3.63, 3.8) is 0 Å². The smallest absolute Gasteiger partial charge is 0.257 e. The molecule has 0 aromatic carbocycles. The number of carbonyl (C=O) groups excluding carboxylic acids is 1. The Balaban J connectivity index is 2.26. The van der Waals surface area contributed by atoms with Crippen molar-refractivity contribution in [2.75, 3.05) is 18.1 Å². The Bertz CT molecular complexity index is 568. The number of amides is 1. The van der Waals surface area contributed by atoms with Crippen LogP contribution in [0.15, 0.2) is 10.7 Å². The van der Waals surface area contributed by atoms with Gasteiger partial charge in [-0.3, -0.25) is 4.79 Å². The van der Waals surface area contributed by atoms with Gasteiger partial charge in [-0.05, 0) is 27.2 Å². The van der Waals surface area contributed by atoms with Crippen LogP contribution >= 0.6 is 0 Å². The zero-order valence-electron chi connectivity index (χ0n) is 11.5. The summed E-state index contributed by atoms with van der Waals surface area (Å²) >= 11 is 0.